The van der Waals surface area contributed by atoms with Crippen LogP contribution >= 0.6 is 11.8 Å². The maximum atomic E-state index is 5.41. The molecule has 1 heterocycles. The van der Waals surface area contributed by atoms with Crippen molar-refractivity contribution >= 4 is 11.8 Å². The first-order valence-corrected chi connectivity index (χ1v) is 14.8. The van der Waals surface area contributed by atoms with Gasteiger partial charge in [0, 0.05) is 31.0 Å². The molecule has 2 aromatic carbocycles. The van der Waals surface area contributed by atoms with E-state index in [-0.39, 0.29) is 0 Å². The van der Waals surface area contributed by atoms with Crippen molar-refractivity contribution in [3.05, 3.63) is 114 Å². The molecule has 0 aliphatic carbocycles. The van der Waals surface area contributed by atoms with E-state index >= 15 is 0 Å². The van der Waals surface area contributed by atoms with Gasteiger partial charge in [-0.1, -0.05) is 86.0 Å². The highest BCUT2D eigenvalue weighted by molar-refractivity contribution is 7.98. The smallest absolute Gasteiger partial charge is 0.196 e. The molecule has 0 saturated heterocycles. The molecule has 0 radical (unpaired) electrons. The SMILES string of the molecule is C/C=C\CC.C=C(CCc1nnc(SCc2cccc(C)c2)n1-c1cccc(OC)c1)NC.C=C(OC)/C(C)=C\C. The van der Waals surface area contributed by atoms with Gasteiger partial charge < -0.3 is 14.8 Å². The predicted octanol–water partition coefficient (Wildman–Crippen LogP) is 8.63. The average Bonchev–Trinajstić information content (AvgIpc) is 3.41. The van der Waals surface area contributed by atoms with Crippen LogP contribution < -0.4 is 10.1 Å². The Kier molecular flexibility index (Phi) is 17.4. The zero-order chi connectivity index (χ0) is 30.6. The summed E-state index contributed by atoms with van der Waals surface area (Å²) in [5, 5.41) is 12.9. The Hall–Kier alpha value is -3.71. The van der Waals surface area contributed by atoms with Crippen LogP contribution in [0.25, 0.3) is 5.69 Å². The lowest BCUT2D eigenvalue weighted by Gasteiger charge is -2.12. The van der Waals surface area contributed by atoms with E-state index in [4.69, 9.17) is 9.47 Å². The summed E-state index contributed by atoms with van der Waals surface area (Å²) in [7, 11) is 5.18. The fraction of sp³-hybridized carbons (Fsp3) is 0.353. The Bertz CT molecular complexity index is 1280. The van der Waals surface area contributed by atoms with Crippen molar-refractivity contribution < 1.29 is 9.47 Å². The van der Waals surface area contributed by atoms with Gasteiger partial charge in [0.05, 0.1) is 19.9 Å². The fourth-order valence-electron chi connectivity index (χ4n) is 3.46. The first-order valence-electron chi connectivity index (χ1n) is 13.8. The minimum Gasteiger partial charge on any atom is -0.497 e. The number of aryl methyl sites for hydroxylation is 2. The minimum atomic E-state index is 0.743. The summed E-state index contributed by atoms with van der Waals surface area (Å²) in [6, 6.07) is 16.5. The van der Waals surface area contributed by atoms with Crippen molar-refractivity contribution in [2.75, 3.05) is 21.3 Å². The topological polar surface area (TPSA) is 61.2 Å². The van der Waals surface area contributed by atoms with Gasteiger partial charge in [0.25, 0.3) is 0 Å². The van der Waals surface area contributed by atoms with Crippen LogP contribution in [-0.2, 0) is 16.9 Å². The quantitative estimate of drug-likeness (QED) is 0.101. The van der Waals surface area contributed by atoms with Gasteiger partial charge in [-0.3, -0.25) is 4.57 Å². The highest BCUT2D eigenvalue weighted by Gasteiger charge is 2.15. The van der Waals surface area contributed by atoms with Gasteiger partial charge in [-0.15, -0.1) is 10.2 Å². The average molecular weight is 577 g/mol. The zero-order valence-electron chi connectivity index (χ0n) is 26.2. The molecular formula is C34H48N4O2S. The molecule has 41 heavy (non-hydrogen) atoms. The van der Waals surface area contributed by atoms with Crippen LogP contribution in [-0.4, -0.2) is 36.0 Å². The molecule has 6 nitrogen and oxygen atoms in total. The molecule has 3 aromatic rings. The number of aromatic nitrogens is 3. The van der Waals surface area contributed by atoms with Crippen LogP contribution in [0.1, 0.15) is 57.5 Å². The van der Waals surface area contributed by atoms with Gasteiger partial charge in [-0.05, 0) is 63.8 Å². The van der Waals surface area contributed by atoms with E-state index in [0.29, 0.717) is 0 Å². The number of nitrogens with one attached hydrogen (secondary N) is 1. The van der Waals surface area contributed by atoms with Crippen LogP contribution in [0.4, 0.5) is 0 Å². The number of allylic oxidation sites excluding steroid dienone is 5. The fourth-order valence-corrected chi connectivity index (χ4v) is 4.37. The number of hydrogen-bond acceptors (Lipinski definition) is 6. The molecular weight excluding hydrogens is 528 g/mol. The van der Waals surface area contributed by atoms with Crippen molar-refractivity contribution in [3.63, 3.8) is 0 Å². The highest BCUT2D eigenvalue weighted by Crippen LogP contribution is 2.28. The van der Waals surface area contributed by atoms with E-state index in [1.807, 2.05) is 52.1 Å². The Labute approximate surface area is 252 Å². The Morgan fingerprint density at radius 2 is 1.80 bits per heavy atom. The van der Waals surface area contributed by atoms with E-state index in [2.05, 4.69) is 89.6 Å². The van der Waals surface area contributed by atoms with Gasteiger partial charge in [0.2, 0.25) is 0 Å². The van der Waals surface area contributed by atoms with Crippen LogP contribution in [0.2, 0.25) is 0 Å². The lowest BCUT2D eigenvalue weighted by Crippen LogP contribution is -2.08. The number of thioether (sulfide) groups is 1. The van der Waals surface area contributed by atoms with Crippen molar-refractivity contribution in [3.8, 4) is 11.4 Å². The number of hydrogen-bond donors (Lipinski definition) is 1. The van der Waals surface area contributed by atoms with Crippen molar-refractivity contribution in [2.45, 2.75) is 64.8 Å². The number of nitrogens with zero attached hydrogens (tertiary/aromatic N) is 3. The molecule has 0 saturated carbocycles. The van der Waals surface area contributed by atoms with Gasteiger partial charge in [-0.2, -0.15) is 0 Å². The summed E-state index contributed by atoms with van der Waals surface area (Å²) >= 11 is 1.69. The maximum absolute atomic E-state index is 5.41. The van der Waals surface area contributed by atoms with Crippen LogP contribution in [0.3, 0.4) is 0 Å². The normalized spacial score (nSPS) is 10.7. The molecule has 0 aliphatic heterocycles. The van der Waals surface area contributed by atoms with Gasteiger partial charge in [-0.25, -0.2) is 0 Å². The first-order chi connectivity index (χ1) is 19.7. The molecule has 0 unspecified atom stereocenters. The number of ether oxygens (including phenoxy) is 2. The third-order valence-electron chi connectivity index (χ3n) is 6.06. The molecule has 0 aliphatic rings. The third-order valence-corrected chi connectivity index (χ3v) is 7.06. The molecule has 3 rings (SSSR count). The first kappa shape index (κ1) is 35.3. The summed E-state index contributed by atoms with van der Waals surface area (Å²) in [4.78, 5) is 0. The molecule has 7 heteroatoms. The van der Waals surface area contributed by atoms with Crippen LogP contribution in [0.15, 0.2) is 102 Å². The summed E-state index contributed by atoms with van der Waals surface area (Å²) in [6.07, 6.45) is 8.87. The summed E-state index contributed by atoms with van der Waals surface area (Å²) in [5.74, 6) is 3.31. The van der Waals surface area contributed by atoms with E-state index < -0.39 is 0 Å². The Morgan fingerprint density at radius 3 is 2.34 bits per heavy atom. The van der Waals surface area contributed by atoms with Crippen molar-refractivity contribution in [2.24, 2.45) is 0 Å². The second kappa shape index (κ2) is 20.2. The maximum Gasteiger partial charge on any atom is 0.196 e. The van der Waals surface area contributed by atoms with E-state index in [9.17, 15) is 0 Å². The largest absolute Gasteiger partial charge is 0.497 e. The zero-order valence-corrected chi connectivity index (χ0v) is 27.0. The molecule has 0 amide bonds. The van der Waals surface area contributed by atoms with Gasteiger partial charge in [0.15, 0.2) is 5.16 Å². The lowest BCUT2D eigenvalue weighted by molar-refractivity contribution is 0.302. The predicted molar refractivity (Wildman–Crippen MR) is 176 cm³/mol. The molecule has 0 fully saturated rings. The summed E-state index contributed by atoms with van der Waals surface area (Å²) < 4.78 is 12.4. The molecule has 1 N–H and O–H groups in total. The standard InChI is InChI=1S/C22H26N4OS.C7H12O.C5H10/c1-16-7-5-8-18(13-16)15-28-22-25-24-21(12-11-17(2)23-3)26(22)19-9-6-10-20(14-19)27-4;1-5-6(2)7(3)8-4;1-3-5-4-2/h5-10,13-14,23H,2,11-12,15H2,1,3-4H3;5H,3H2,1-2,4H3;3,5H,4H2,1-2H3/b;6-5-;5-3-. The minimum absolute atomic E-state index is 0.743. The summed E-state index contributed by atoms with van der Waals surface area (Å²) in [5.41, 5.74) is 5.61. The van der Waals surface area contributed by atoms with E-state index in [0.717, 1.165) is 64.5 Å². The Morgan fingerprint density at radius 1 is 1.07 bits per heavy atom. The monoisotopic (exact) mass is 576 g/mol. The second-order valence-corrected chi connectivity index (χ2v) is 10.1. The van der Waals surface area contributed by atoms with Crippen LogP contribution in [0, 0.1) is 6.92 Å². The third kappa shape index (κ3) is 13.0. The molecule has 222 valence electrons. The number of benzene rings is 2. The van der Waals surface area contributed by atoms with E-state index in [1.54, 1.807) is 26.0 Å². The van der Waals surface area contributed by atoms with E-state index in [1.165, 1.54) is 11.1 Å². The van der Waals surface area contributed by atoms with Crippen molar-refractivity contribution in [1.29, 1.82) is 0 Å². The summed E-state index contributed by atoms with van der Waals surface area (Å²) in [6.45, 7) is 17.9. The highest BCUT2D eigenvalue weighted by atomic mass is 32.2. The molecule has 0 atom stereocenters. The molecule has 0 bridgehead atoms. The molecule has 0 spiro atoms. The second-order valence-electron chi connectivity index (χ2n) is 9.14. The van der Waals surface area contributed by atoms with Crippen LogP contribution in [0.5, 0.6) is 5.75 Å². The van der Waals surface area contributed by atoms with Crippen molar-refractivity contribution in [1.82, 2.24) is 20.1 Å². The number of methoxy groups -OCH3 is 2. The lowest BCUT2D eigenvalue weighted by atomic mass is 10.2. The Balaban J connectivity index is 0.000000539. The number of rotatable bonds is 12. The molecule has 1 aromatic heterocycles. The van der Waals surface area contributed by atoms with Gasteiger partial charge in [0.1, 0.15) is 17.3 Å². The van der Waals surface area contributed by atoms with Gasteiger partial charge >= 0.3 is 0 Å².